The topological polar surface area (TPSA) is 66.9 Å². The molecule has 7 heteroatoms. The molecule has 1 amide bonds. The van der Waals surface area contributed by atoms with Crippen LogP contribution in [0.4, 0.5) is 0 Å². The van der Waals surface area contributed by atoms with Crippen LogP contribution in [0.25, 0.3) is 0 Å². The van der Waals surface area contributed by atoms with E-state index < -0.39 is 10.0 Å². The van der Waals surface area contributed by atoms with Gasteiger partial charge in [-0.2, -0.15) is 4.31 Å². The van der Waals surface area contributed by atoms with Crippen LogP contribution >= 0.6 is 0 Å². The van der Waals surface area contributed by atoms with E-state index in [4.69, 9.17) is 4.74 Å². The second kappa shape index (κ2) is 10.4. The predicted octanol–water partition coefficient (Wildman–Crippen LogP) is 4.18. The Bertz CT molecular complexity index is 1150. The maximum absolute atomic E-state index is 13.0. The molecule has 3 aromatic carbocycles. The summed E-state index contributed by atoms with van der Waals surface area (Å²) in [5.41, 5.74) is 2.14. The van der Waals surface area contributed by atoms with E-state index in [1.807, 2.05) is 37.3 Å². The van der Waals surface area contributed by atoms with Gasteiger partial charge < -0.3 is 9.64 Å². The van der Waals surface area contributed by atoms with Crippen LogP contribution in [0.2, 0.25) is 0 Å². The Labute approximate surface area is 190 Å². The number of hydrogen-bond donors (Lipinski definition) is 0. The van der Waals surface area contributed by atoms with Gasteiger partial charge in [0, 0.05) is 38.3 Å². The first-order valence-corrected chi connectivity index (χ1v) is 11.8. The SMILES string of the molecule is CCOc1ccc(C(=O)N(C)Cc2ccccc2)cc1CN(C)S(=O)(=O)c1ccccc1. The monoisotopic (exact) mass is 452 g/mol. The molecule has 32 heavy (non-hydrogen) atoms. The molecule has 0 spiro atoms. The van der Waals surface area contributed by atoms with Gasteiger partial charge in [0.25, 0.3) is 5.91 Å². The molecule has 0 fully saturated rings. The van der Waals surface area contributed by atoms with Crippen LogP contribution in [0.5, 0.6) is 5.75 Å². The van der Waals surface area contributed by atoms with E-state index in [0.29, 0.717) is 30.0 Å². The Hall–Kier alpha value is -3.16. The Morgan fingerprint density at radius 1 is 0.875 bits per heavy atom. The first-order chi connectivity index (χ1) is 15.3. The zero-order chi connectivity index (χ0) is 23.1. The summed E-state index contributed by atoms with van der Waals surface area (Å²) >= 11 is 0. The number of hydrogen-bond acceptors (Lipinski definition) is 4. The van der Waals surface area contributed by atoms with Gasteiger partial charge in [0.2, 0.25) is 10.0 Å². The van der Waals surface area contributed by atoms with E-state index in [2.05, 4.69) is 0 Å². The molecular formula is C25H28N2O4S. The number of sulfonamides is 1. The zero-order valence-corrected chi connectivity index (χ0v) is 19.4. The average Bonchev–Trinajstić information content (AvgIpc) is 2.81. The molecule has 0 atom stereocenters. The van der Waals surface area contributed by atoms with Crippen molar-refractivity contribution in [3.05, 3.63) is 95.6 Å². The Morgan fingerprint density at radius 3 is 2.12 bits per heavy atom. The van der Waals surface area contributed by atoms with Crippen molar-refractivity contribution in [3.63, 3.8) is 0 Å². The van der Waals surface area contributed by atoms with Crippen molar-refractivity contribution in [3.8, 4) is 5.75 Å². The Morgan fingerprint density at radius 2 is 1.50 bits per heavy atom. The molecular weight excluding hydrogens is 424 g/mol. The van der Waals surface area contributed by atoms with Gasteiger partial charge in [-0.15, -0.1) is 0 Å². The molecule has 0 saturated heterocycles. The third-order valence-electron chi connectivity index (χ3n) is 5.06. The minimum atomic E-state index is -3.68. The van der Waals surface area contributed by atoms with Crippen LogP contribution in [-0.4, -0.2) is 44.2 Å². The van der Waals surface area contributed by atoms with Crippen LogP contribution in [0, 0.1) is 0 Å². The molecule has 0 bridgehead atoms. The predicted molar refractivity (Wildman–Crippen MR) is 125 cm³/mol. The van der Waals surface area contributed by atoms with Crippen molar-refractivity contribution in [1.82, 2.24) is 9.21 Å². The smallest absolute Gasteiger partial charge is 0.253 e. The van der Waals surface area contributed by atoms with Crippen LogP contribution < -0.4 is 4.74 Å². The molecule has 3 rings (SSSR count). The van der Waals surface area contributed by atoms with Crippen LogP contribution in [0.15, 0.2) is 83.8 Å². The molecule has 0 heterocycles. The lowest BCUT2D eigenvalue weighted by atomic mass is 10.1. The van der Waals surface area contributed by atoms with Crippen LogP contribution in [0.3, 0.4) is 0 Å². The van der Waals surface area contributed by atoms with Gasteiger partial charge in [0.05, 0.1) is 11.5 Å². The van der Waals surface area contributed by atoms with Crippen molar-refractivity contribution >= 4 is 15.9 Å². The first kappa shape index (κ1) is 23.5. The summed E-state index contributed by atoms with van der Waals surface area (Å²) in [5.74, 6) is 0.414. The van der Waals surface area contributed by atoms with Gasteiger partial charge in [0.15, 0.2) is 0 Å². The molecule has 0 unspecified atom stereocenters. The number of carbonyl (C=O) groups excluding carboxylic acids is 1. The van der Waals surface area contributed by atoms with E-state index in [0.717, 1.165) is 5.56 Å². The van der Waals surface area contributed by atoms with Gasteiger partial charge in [-0.05, 0) is 42.8 Å². The van der Waals surface area contributed by atoms with E-state index in [1.165, 1.54) is 11.4 Å². The lowest BCUT2D eigenvalue weighted by Gasteiger charge is -2.21. The standard InChI is InChI=1S/C25H28N2O4S/c1-4-31-24-16-15-21(25(28)26(2)18-20-11-7-5-8-12-20)17-22(24)19-27(3)32(29,30)23-13-9-6-10-14-23/h5-17H,4,18-19H2,1-3H3. The highest BCUT2D eigenvalue weighted by molar-refractivity contribution is 7.89. The normalized spacial score (nSPS) is 11.4. The molecule has 0 aliphatic heterocycles. The first-order valence-electron chi connectivity index (χ1n) is 10.4. The van der Waals surface area contributed by atoms with Crippen molar-refractivity contribution in [2.45, 2.75) is 24.9 Å². The summed E-state index contributed by atoms with van der Waals surface area (Å²) in [6, 6.07) is 23.2. The van der Waals surface area contributed by atoms with Crippen molar-refractivity contribution < 1.29 is 17.9 Å². The van der Waals surface area contributed by atoms with Crippen molar-refractivity contribution in [1.29, 1.82) is 0 Å². The second-order valence-electron chi connectivity index (χ2n) is 7.48. The molecule has 6 nitrogen and oxygen atoms in total. The average molecular weight is 453 g/mol. The molecule has 0 N–H and O–H groups in total. The summed E-state index contributed by atoms with van der Waals surface area (Å²) < 4.78 is 32.9. The van der Waals surface area contributed by atoms with E-state index >= 15 is 0 Å². The molecule has 3 aromatic rings. The highest BCUT2D eigenvalue weighted by atomic mass is 32.2. The van der Waals surface area contributed by atoms with E-state index in [-0.39, 0.29) is 17.3 Å². The maximum atomic E-state index is 13.0. The molecule has 0 aromatic heterocycles. The fourth-order valence-corrected chi connectivity index (χ4v) is 4.55. The van der Waals surface area contributed by atoms with Crippen molar-refractivity contribution in [2.24, 2.45) is 0 Å². The lowest BCUT2D eigenvalue weighted by molar-refractivity contribution is 0.0785. The number of ether oxygens (including phenoxy) is 1. The third kappa shape index (κ3) is 5.55. The Kier molecular flexibility index (Phi) is 7.66. The van der Waals surface area contributed by atoms with Gasteiger partial charge >= 0.3 is 0 Å². The molecule has 0 saturated carbocycles. The molecule has 168 valence electrons. The number of nitrogens with zero attached hydrogens (tertiary/aromatic N) is 2. The largest absolute Gasteiger partial charge is 0.494 e. The summed E-state index contributed by atoms with van der Waals surface area (Å²) in [7, 11) is -0.407. The molecule has 0 aliphatic rings. The van der Waals surface area contributed by atoms with E-state index in [1.54, 1.807) is 60.5 Å². The molecule has 0 aliphatic carbocycles. The van der Waals surface area contributed by atoms with Gasteiger partial charge in [-0.3, -0.25) is 4.79 Å². The quantitative estimate of drug-likeness (QED) is 0.489. The summed E-state index contributed by atoms with van der Waals surface area (Å²) in [6.07, 6.45) is 0. The fraction of sp³-hybridized carbons (Fsp3) is 0.240. The zero-order valence-electron chi connectivity index (χ0n) is 18.6. The number of carbonyl (C=O) groups is 1. The van der Waals surface area contributed by atoms with Gasteiger partial charge in [0.1, 0.15) is 5.75 Å². The molecule has 0 radical (unpaired) electrons. The summed E-state index contributed by atoms with van der Waals surface area (Å²) in [4.78, 5) is 14.9. The number of amides is 1. The number of rotatable bonds is 9. The van der Waals surface area contributed by atoms with Crippen LogP contribution in [-0.2, 0) is 23.1 Å². The minimum absolute atomic E-state index is 0.0794. The lowest BCUT2D eigenvalue weighted by Crippen LogP contribution is -2.28. The minimum Gasteiger partial charge on any atom is -0.494 e. The van der Waals surface area contributed by atoms with E-state index in [9.17, 15) is 13.2 Å². The highest BCUT2D eigenvalue weighted by Gasteiger charge is 2.23. The summed E-state index contributed by atoms with van der Waals surface area (Å²) in [5, 5.41) is 0. The highest BCUT2D eigenvalue weighted by Crippen LogP contribution is 2.25. The summed E-state index contributed by atoms with van der Waals surface area (Å²) in [6.45, 7) is 2.85. The maximum Gasteiger partial charge on any atom is 0.253 e. The van der Waals surface area contributed by atoms with Gasteiger partial charge in [-0.1, -0.05) is 48.5 Å². The number of benzene rings is 3. The third-order valence-corrected chi connectivity index (χ3v) is 6.88. The fourth-order valence-electron chi connectivity index (χ4n) is 3.38. The van der Waals surface area contributed by atoms with Crippen LogP contribution in [0.1, 0.15) is 28.4 Å². The Balaban J connectivity index is 1.85. The van der Waals surface area contributed by atoms with Crippen molar-refractivity contribution in [2.75, 3.05) is 20.7 Å². The second-order valence-corrected chi connectivity index (χ2v) is 9.52. The van der Waals surface area contributed by atoms with Gasteiger partial charge in [-0.25, -0.2) is 8.42 Å².